The molecule has 0 bridgehead atoms. The number of hydrogen-bond acceptors (Lipinski definition) is 4. The molecule has 0 unspecified atom stereocenters. The number of nitrogens with zero attached hydrogens (tertiary/aromatic N) is 1. The largest absolute Gasteiger partial charge is 0.483 e. The average Bonchev–Trinajstić information content (AvgIpc) is 3.21. The van der Waals surface area contributed by atoms with Crippen LogP contribution in [0.1, 0.15) is 35.7 Å². The Hall–Kier alpha value is -1.60. The number of carbonyl (C=O) groups is 2. The van der Waals surface area contributed by atoms with Crippen molar-refractivity contribution in [3.05, 3.63) is 62.0 Å². The molecule has 1 saturated heterocycles. The summed E-state index contributed by atoms with van der Waals surface area (Å²) in [6.07, 6.45) is 1.87. The molecule has 1 aliphatic rings. The number of rotatable bonds is 8. The van der Waals surface area contributed by atoms with E-state index in [9.17, 15) is 9.59 Å². The molecular formula is C22H22BrCl2NO4. The van der Waals surface area contributed by atoms with Gasteiger partial charge in [-0.2, -0.15) is 0 Å². The summed E-state index contributed by atoms with van der Waals surface area (Å²) >= 11 is 15.6. The molecule has 2 aromatic rings. The van der Waals surface area contributed by atoms with E-state index in [1.54, 1.807) is 35.2 Å². The first kappa shape index (κ1) is 23.1. The van der Waals surface area contributed by atoms with Crippen LogP contribution in [0, 0.1) is 0 Å². The van der Waals surface area contributed by atoms with Gasteiger partial charge < -0.3 is 14.4 Å². The second kappa shape index (κ2) is 10.6. The molecule has 1 aliphatic heterocycles. The normalized spacial score (nSPS) is 15.8. The standard InChI is InChI=1S/C22H22BrCl2NO4/c1-14(27)19-9-16(23)5-7-21(19)30-13-22(28)26(12-18-3-2-8-29-18)11-15-4-6-17(24)10-20(15)25/h4-7,9-10,18H,2-3,8,11-13H2,1H3/t18-/m0/s1. The summed E-state index contributed by atoms with van der Waals surface area (Å²) in [5.41, 5.74) is 1.21. The lowest BCUT2D eigenvalue weighted by atomic mass is 10.1. The fourth-order valence-corrected chi connectivity index (χ4v) is 4.11. The molecule has 1 heterocycles. The molecule has 5 nitrogen and oxygen atoms in total. The van der Waals surface area contributed by atoms with E-state index in [2.05, 4.69) is 15.9 Å². The Bertz CT molecular complexity index is 931. The molecule has 0 radical (unpaired) electrons. The maximum absolute atomic E-state index is 13.0. The van der Waals surface area contributed by atoms with Gasteiger partial charge in [0.1, 0.15) is 5.75 Å². The van der Waals surface area contributed by atoms with Crippen LogP contribution in [0.4, 0.5) is 0 Å². The molecule has 1 fully saturated rings. The van der Waals surface area contributed by atoms with Crippen molar-refractivity contribution in [2.45, 2.75) is 32.4 Å². The van der Waals surface area contributed by atoms with Crippen LogP contribution >= 0.6 is 39.1 Å². The Morgan fingerprint density at radius 1 is 1.23 bits per heavy atom. The number of Topliss-reactive ketones (excluding diaryl/α,β-unsaturated/α-hetero) is 1. The molecular weight excluding hydrogens is 493 g/mol. The number of ketones is 1. The average molecular weight is 515 g/mol. The van der Waals surface area contributed by atoms with Crippen molar-refractivity contribution in [1.82, 2.24) is 4.90 Å². The summed E-state index contributed by atoms with van der Waals surface area (Å²) in [5, 5.41) is 1.04. The van der Waals surface area contributed by atoms with Gasteiger partial charge in [0.2, 0.25) is 0 Å². The topological polar surface area (TPSA) is 55.8 Å². The van der Waals surface area contributed by atoms with Gasteiger partial charge in [0, 0.05) is 34.2 Å². The zero-order valence-corrected chi connectivity index (χ0v) is 19.6. The first-order valence-corrected chi connectivity index (χ1v) is 11.1. The zero-order chi connectivity index (χ0) is 21.7. The van der Waals surface area contributed by atoms with Crippen LogP contribution in [0.25, 0.3) is 0 Å². The minimum absolute atomic E-state index is 0.0134. The summed E-state index contributed by atoms with van der Waals surface area (Å²) in [6.45, 7) is 2.73. The molecule has 0 saturated carbocycles. The molecule has 0 aliphatic carbocycles. The van der Waals surface area contributed by atoms with Crippen LogP contribution in [-0.2, 0) is 16.1 Å². The molecule has 30 heavy (non-hydrogen) atoms. The summed E-state index contributed by atoms with van der Waals surface area (Å²) < 4.78 is 12.2. The van der Waals surface area contributed by atoms with Crippen LogP contribution in [-0.4, -0.2) is 42.5 Å². The molecule has 8 heteroatoms. The second-order valence-electron chi connectivity index (χ2n) is 7.13. The van der Waals surface area contributed by atoms with E-state index in [4.69, 9.17) is 32.7 Å². The van der Waals surface area contributed by atoms with Crippen molar-refractivity contribution < 1.29 is 19.1 Å². The maximum Gasteiger partial charge on any atom is 0.260 e. The molecule has 0 spiro atoms. The van der Waals surface area contributed by atoms with Gasteiger partial charge in [-0.1, -0.05) is 45.2 Å². The number of ether oxygens (including phenoxy) is 2. The smallest absolute Gasteiger partial charge is 0.260 e. The highest BCUT2D eigenvalue weighted by atomic mass is 79.9. The fraction of sp³-hybridized carbons (Fsp3) is 0.364. The van der Waals surface area contributed by atoms with Gasteiger partial charge in [-0.05, 0) is 55.7 Å². The Balaban J connectivity index is 1.74. The highest BCUT2D eigenvalue weighted by Gasteiger charge is 2.24. The number of halogens is 3. The predicted molar refractivity (Wildman–Crippen MR) is 120 cm³/mol. The molecule has 2 aromatic carbocycles. The van der Waals surface area contributed by atoms with E-state index >= 15 is 0 Å². The third-order valence-corrected chi connectivity index (χ3v) is 5.93. The monoisotopic (exact) mass is 513 g/mol. The van der Waals surface area contributed by atoms with Crippen LogP contribution in [0.5, 0.6) is 5.75 Å². The number of carbonyl (C=O) groups excluding carboxylic acids is 2. The number of benzene rings is 2. The first-order valence-electron chi connectivity index (χ1n) is 9.60. The molecule has 3 rings (SSSR count). The van der Waals surface area contributed by atoms with Crippen molar-refractivity contribution in [3.63, 3.8) is 0 Å². The van der Waals surface area contributed by atoms with E-state index in [1.165, 1.54) is 6.92 Å². The fourth-order valence-electron chi connectivity index (χ4n) is 3.28. The van der Waals surface area contributed by atoms with Gasteiger partial charge >= 0.3 is 0 Å². The molecule has 160 valence electrons. The van der Waals surface area contributed by atoms with Gasteiger partial charge in [0.15, 0.2) is 12.4 Å². The first-order chi connectivity index (χ1) is 14.3. The van der Waals surface area contributed by atoms with Gasteiger partial charge in [-0.15, -0.1) is 0 Å². The van der Waals surface area contributed by atoms with Gasteiger partial charge in [-0.3, -0.25) is 9.59 Å². The summed E-state index contributed by atoms with van der Waals surface area (Å²) in [5.74, 6) is 0.0254. The predicted octanol–water partition coefficient (Wildman–Crippen LogP) is 5.55. The summed E-state index contributed by atoms with van der Waals surface area (Å²) in [4.78, 5) is 26.6. The highest BCUT2D eigenvalue weighted by Crippen LogP contribution is 2.25. The molecule has 1 amide bonds. The van der Waals surface area contributed by atoms with Gasteiger partial charge in [-0.25, -0.2) is 0 Å². The Labute approximate surface area is 194 Å². The van der Waals surface area contributed by atoms with Crippen LogP contribution in [0.2, 0.25) is 10.0 Å². The van der Waals surface area contributed by atoms with Crippen molar-refractivity contribution in [2.75, 3.05) is 19.8 Å². The Morgan fingerprint density at radius 3 is 2.70 bits per heavy atom. The quantitative estimate of drug-likeness (QED) is 0.433. The lowest BCUT2D eigenvalue weighted by Gasteiger charge is -2.26. The SMILES string of the molecule is CC(=O)c1cc(Br)ccc1OCC(=O)N(Cc1ccc(Cl)cc1Cl)C[C@@H]1CCCO1. The van der Waals surface area contributed by atoms with Crippen LogP contribution < -0.4 is 4.74 Å². The van der Waals surface area contributed by atoms with E-state index in [1.807, 2.05) is 6.07 Å². The van der Waals surface area contributed by atoms with E-state index in [0.29, 0.717) is 41.1 Å². The second-order valence-corrected chi connectivity index (χ2v) is 8.89. The maximum atomic E-state index is 13.0. The Morgan fingerprint density at radius 2 is 2.03 bits per heavy atom. The van der Waals surface area contributed by atoms with Crippen LogP contribution in [0.15, 0.2) is 40.9 Å². The summed E-state index contributed by atoms with van der Waals surface area (Å²) in [7, 11) is 0. The molecule has 1 atom stereocenters. The van der Waals surface area contributed by atoms with Crippen molar-refractivity contribution in [1.29, 1.82) is 0 Å². The van der Waals surface area contributed by atoms with E-state index in [0.717, 1.165) is 22.9 Å². The molecule has 0 N–H and O–H groups in total. The minimum Gasteiger partial charge on any atom is -0.483 e. The lowest BCUT2D eigenvalue weighted by Crippen LogP contribution is -2.39. The third-order valence-electron chi connectivity index (χ3n) is 4.85. The van der Waals surface area contributed by atoms with E-state index < -0.39 is 0 Å². The minimum atomic E-state index is -0.214. The summed E-state index contributed by atoms with van der Waals surface area (Å²) in [6, 6.07) is 10.3. The third kappa shape index (κ3) is 6.20. The highest BCUT2D eigenvalue weighted by molar-refractivity contribution is 9.10. The molecule has 0 aromatic heterocycles. The van der Waals surface area contributed by atoms with Gasteiger partial charge in [0.05, 0.1) is 11.7 Å². The Kier molecular flexibility index (Phi) is 8.17. The number of amides is 1. The number of hydrogen-bond donors (Lipinski definition) is 0. The zero-order valence-electron chi connectivity index (χ0n) is 16.5. The van der Waals surface area contributed by atoms with Gasteiger partial charge in [0.25, 0.3) is 5.91 Å². The van der Waals surface area contributed by atoms with E-state index in [-0.39, 0.29) is 24.4 Å². The lowest BCUT2D eigenvalue weighted by molar-refractivity contribution is -0.135. The van der Waals surface area contributed by atoms with Crippen molar-refractivity contribution >= 4 is 50.8 Å². The van der Waals surface area contributed by atoms with Crippen molar-refractivity contribution in [3.8, 4) is 5.75 Å². The van der Waals surface area contributed by atoms with Crippen molar-refractivity contribution in [2.24, 2.45) is 0 Å². The van der Waals surface area contributed by atoms with Crippen LogP contribution in [0.3, 0.4) is 0 Å².